The lowest BCUT2D eigenvalue weighted by Crippen LogP contribution is -1.89. The fourth-order valence-electron chi connectivity index (χ4n) is 2.34. The summed E-state index contributed by atoms with van der Waals surface area (Å²) >= 11 is 1.78. The number of benzene rings is 1. The summed E-state index contributed by atoms with van der Waals surface area (Å²) < 4.78 is 0. The van der Waals surface area contributed by atoms with E-state index in [1.165, 1.54) is 4.88 Å². The van der Waals surface area contributed by atoms with Crippen LogP contribution in [-0.2, 0) is 6.42 Å². The number of pyridine rings is 1. The second kappa shape index (κ2) is 6.19. The summed E-state index contributed by atoms with van der Waals surface area (Å²) in [5.41, 5.74) is 3.30. The quantitative estimate of drug-likeness (QED) is 0.671. The molecule has 21 heavy (non-hydrogen) atoms. The molecule has 0 bridgehead atoms. The maximum Gasteiger partial charge on any atom is 0.124 e. The molecular weight excluding hydrogens is 276 g/mol. The second-order valence-electron chi connectivity index (χ2n) is 5.49. The molecule has 2 nitrogen and oxygen atoms in total. The van der Waals surface area contributed by atoms with Gasteiger partial charge in [0.25, 0.3) is 0 Å². The van der Waals surface area contributed by atoms with E-state index in [4.69, 9.17) is 0 Å². The minimum Gasteiger partial charge on any atom is -0.256 e. The highest BCUT2D eigenvalue weighted by molar-refractivity contribution is 7.15. The first-order chi connectivity index (χ1) is 10.2. The molecule has 0 saturated heterocycles. The fourth-order valence-corrected chi connectivity index (χ4v) is 3.51. The maximum absolute atomic E-state index is 4.62. The number of rotatable bonds is 4. The monoisotopic (exact) mass is 294 g/mol. The van der Waals surface area contributed by atoms with E-state index in [1.54, 1.807) is 11.3 Å². The van der Waals surface area contributed by atoms with Gasteiger partial charge in [0.1, 0.15) is 5.01 Å². The molecule has 0 atom stereocenters. The summed E-state index contributed by atoms with van der Waals surface area (Å²) in [4.78, 5) is 10.4. The van der Waals surface area contributed by atoms with Crippen molar-refractivity contribution in [2.24, 2.45) is 5.92 Å². The van der Waals surface area contributed by atoms with Gasteiger partial charge in [0.15, 0.2) is 0 Å². The zero-order valence-corrected chi connectivity index (χ0v) is 13.1. The van der Waals surface area contributed by atoms with Crippen molar-refractivity contribution in [1.29, 1.82) is 0 Å². The molecule has 0 N–H and O–H groups in total. The van der Waals surface area contributed by atoms with E-state index in [-0.39, 0.29) is 0 Å². The molecule has 2 heterocycles. The fraction of sp³-hybridized carbons (Fsp3) is 0.222. The van der Waals surface area contributed by atoms with Crippen LogP contribution < -0.4 is 0 Å². The van der Waals surface area contributed by atoms with E-state index >= 15 is 0 Å². The zero-order valence-electron chi connectivity index (χ0n) is 12.3. The predicted molar refractivity (Wildman–Crippen MR) is 89.3 cm³/mol. The minimum atomic E-state index is 0.657. The molecule has 0 aliphatic heterocycles. The molecule has 0 aliphatic rings. The molecule has 0 fully saturated rings. The van der Waals surface area contributed by atoms with Crippen molar-refractivity contribution in [3.63, 3.8) is 0 Å². The zero-order chi connectivity index (χ0) is 14.7. The second-order valence-corrected chi connectivity index (χ2v) is 6.61. The predicted octanol–water partition coefficient (Wildman–Crippen LogP) is 5.07. The highest BCUT2D eigenvalue weighted by Crippen LogP contribution is 2.33. The van der Waals surface area contributed by atoms with Gasteiger partial charge in [0, 0.05) is 28.4 Å². The normalized spacial score (nSPS) is 11.0. The van der Waals surface area contributed by atoms with Gasteiger partial charge < -0.3 is 0 Å². The summed E-state index contributed by atoms with van der Waals surface area (Å²) in [6.45, 7) is 4.47. The first kappa shape index (κ1) is 14.0. The van der Waals surface area contributed by atoms with Crippen molar-refractivity contribution < 1.29 is 0 Å². The molecule has 0 radical (unpaired) electrons. The van der Waals surface area contributed by atoms with Crippen molar-refractivity contribution in [3.05, 3.63) is 59.7 Å². The van der Waals surface area contributed by atoms with Gasteiger partial charge in [-0.05, 0) is 24.5 Å². The number of hydrogen-bond acceptors (Lipinski definition) is 3. The van der Waals surface area contributed by atoms with E-state index in [0.29, 0.717) is 5.92 Å². The van der Waals surface area contributed by atoms with E-state index in [2.05, 4.69) is 48.1 Å². The first-order valence-electron chi connectivity index (χ1n) is 7.19. The van der Waals surface area contributed by atoms with Gasteiger partial charge in [-0.1, -0.05) is 44.2 Å². The van der Waals surface area contributed by atoms with Gasteiger partial charge in [0.05, 0.1) is 5.69 Å². The Labute approximate surface area is 129 Å². The van der Waals surface area contributed by atoms with Crippen LogP contribution in [0.3, 0.4) is 0 Å². The molecule has 0 amide bonds. The first-order valence-corrected chi connectivity index (χ1v) is 8.01. The van der Waals surface area contributed by atoms with Crippen LogP contribution in [0.5, 0.6) is 0 Å². The smallest absolute Gasteiger partial charge is 0.124 e. The molecule has 3 rings (SSSR count). The van der Waals surface area contributed by atoms with Gasteiger partial charge >= 0.3 is 0 Å². The van der Waals surface area contributed by atoms with Crippen LogP contribution in [0.1, 0.15) is 18.7 Å². The van der Waals surface area contributed by atoms with Crippen molar-refractivity contribution in [1.82, 2.24) is 9.97 Å². The summed E-state index contributed by atoms with van der Waals surface area (Å²) in [5, 5.41) is 1.08. The average Bonchev–Trinajstić information content (AvgIpc) is 2.96. The van der Waals surface area contributed by atoms with E-state index in [1.807, 2.05) is 30.6 Å². The Balaban J connectivity index is 2.01. The van der Waals surface area contributed by atoms with Crippen LogP contribution in [-0.4, -0.2) is 9.97 Å². The summed E-state index contributed by atoms with van der Waals surface area (Å²) in [6, 6.07) is 14.4. The van der Waals surface area contributed by atoms with Crippen molar-refractivity contribution >= 4 is 11.3 Å². The molecule has 0 unspecified atom stereocenters. The number of aromatic nitrogens is 2. The number of hydrogen-bond donors (Lipinski definition) is 0. The lowest BCUT2D eigenvalue weighted by Gasteiger charge is -2.06. The third-order valence-corrected chi connectivity index (χ3v) is 4.31. The van der Waals surface area contributed by atoms with E-state index in [0.717, 1.165) is 28.2 Å². The van der Waals surface area contributed by atoms with E-state index < -0.39 is 0 Å². The highest BCUT2D eigenvalue weighted by atomic mass is 32.1. The molecule has 3 aromatic rings. The average molecular weight is 294 g/mol. The highest BCUT2D eigenvalue weighted by Gasteiger charge is 2.11. The number of nitrogens with zero attached hydrogens (tertiary/aromatic N) is 2. The lowest BCUT2D eigenvalue weighted by atomic mass is 10.0. The largest absolute Gasteiger partial charge is 0.256 e. The standard InChI is InChI=1S/C18H18N2S/c1-13(2)11-14-12-20-18(21-14)16-8-4-3-7-15(16)17-9-5-6-10-19-17/h3-10,12-13H,11H2,1-2H3. The van der Waals surface area contributed by atoms with Crippen molar-refractivity contribution in [2.75, 3.05) is 0 Å². The van der Waals surface area contributed by atoms with Crippen LogP contribution in [0.25, 0.3) is 21.8 Å². The lowest BCUT2D eigenvalue weighted by molar-refractivity contribution is 0.653. The minimum absolute atomic E-state index is 0.657. The Bertz CT molecular complexity index is 717. The summed E-state index contributed by atoms with van der Waals surface area (Å²) in [5.74, 6) is 0.657. The Morgan fingerprint density at radius 3 is 2.43 bits per heavy atom. The SMILES string of the molecule is CC(C)Cc1cnc(-c2ccccc2-c2ccccn2)s1. The number of thiazole rings is 1. The molecule has 2 aromatic heterocycles. The molecule has 0 saturated carbocycles. The van der Waals surface area contributed by atoms with Crippen LogP contribution >= 0.6 is 11.3 Å². The Morgan fingerprint density at radius 2 is 1.71 bits per heavy atom. The van der Waals surface area contributed by atoms with Gasteiger partial charge in [-0.2, -0.15) is 0 Å². The van der Waals surface area contributed by atoms with E-state index in [9.17, 15) is 0 Å². The molecule has 0 spiro atoms. The summed E-state index contributed by atoms with van der Waals surface area (Å²) in [7, 11) is 0. The molecular formula is C18H18N2S. The maximum atomic E-state index is 4.62. The summed E-state index contributed by atoms with van der Waals surface area (Å²) in [6.07, 6.45) is 4.93. The van der Waals surface area contributed by atoms with Crippen molar-refractivity contribution in [2.45, 2.75) is 20.3 Å². The van der Waals surface area contributed by atoms with Crippen LogP contribution in [0, 0.1) is 5.92 Å². The third-order valence-electron chi connectivity index (χ3n) is 3.26. The molecule has 1 aromatic carbocycles. The Morgan fingerprint density at radius 1 is 0.952 bits per heavy atom. The van der Waals surface area contributed by atoms with Gasteiger partial charge in [-0.15, -0.1) is 11.3 Å². The topological polar surface area (TPSA) is 25.8 Å². The Hall–Kier alpha value is -2.00. The van der Waals surface area contributed by atoms with Gasteiger partial charge in [-0.25, -0.2) is 4.98 Å². The Kier molecular flexibility index (Phi) is 4.11. The van der Waals surface area contributed by atoms with Crippen LogP contribution in [0.15, 0.2) is 54.9 Å². The molecule has 106 valence electrons. The van der Waals surface area contributed by atoms with Crippen LogP contribution in [0.4, 0.5) is 0 Å². The third kappa shape index (κ3) is 3.19. The van der Waals surface area contributed by atoms with Gasteiger partial charge in [-0.3, -0.25) is 4.98 Å². The molecule has 3 heteroatoms. The molecule has 0 aliphatic carbocycles. The van der Waals surface area contributed by atoms with Gasteiger partial charge in [0.2, 0.25) is 0 Å². The van der Waals surface area contributed by atoms with Crippen LogP contribution in [0.2, 0.25) is 0 Å². The van der Waals surface area contributed by atoms with Crippen molar-refractivity contribution in [3.8, 4) is 21.8 Å².